The Kier molecular flexibility index (Phi) is 5.30. The number of hydrogen-bond donors (Lipinski definition) is 0. The molecule has 1 aromatic heterocycles. The maximum atomic E-state index is 12.3. The minimum Gasteiger partial charge on any atom is -0.489 e. The van der Waals surface area contributed by atoms with Crippen LogP contribution >= 0.6 is 0 Å². The third kappa shape index (κ3) is 3.00. The fraction of sp³-hybridized carbons (Fsp3) is 0.643. The average Bonchev–Trinajstić information content (AvgIpc) is 2.40. The van der Waals surface area contributed by atoms with Crippen molar-refractivity contribution in [2.45, 2.75) is 33.6 Å². The number of hydrogen-bond acceptors (Lipinski definition) is 5. The van der Waals surface area contributed by atoms with Crippen molar-refractivity contribution in [3.05, 3.63) is 21.9 Å². The van der Waals surface area contributed by atoms with Crippen LogP contribution in [0.2, 0.25) is 0 Å². The van der Waals surface area contributed by atoms with Crippen LogP contribution < -0.4 is 10.3 Å². The Labute approximate surface area is 118 Å². The van der Waals surface area contributed by atoms with Crippen LogP contribution in [0.5, 0.6) is 5.75 Å². The molecular weight excluding hydrogens is 260 g/mol. The smallest absolute Gasteiger partial charge is 0.361 e. The van der Waals surface area contributed by atoms with E-state index in [0.717, 1.165) is 0 Å². The van der Waals surface area contributed by atoms with Gasteiger partial charge in [-0.2, -0.15) is 0 Å². The van der Waals surface area contributed by atoms with Crippen molar-refractivity contribution >= 4 is 5.97 Å². The summed E-state index contributed by atoms with van der Waals surface area (Å²) in [5.41, 5.74) is -0.437. The number of aromatic nitrogens is 2. The largest absolute Gasteiger partial charge is 0.489 e. The molecule has 1 unspecified atom stereocenters. The Hall–Kier alpha value is -1.85. The van der Waals surface area contributed by atoms with Crippen molar-refractivity contribution in [3.8, 4) is 5.75 Å². The Morgan fingerprint density at radius 3 is 2.40 bits per heavy atom. The SMILES string of the molecule is CCOC(=O)c1nc(C(C)C(C)C)n(C)c(=O)c1OC. The zero-order valence-electron chi connectivity index (χ0n) is 12.9. The van der Waals surface area contributed by atoms with Crippen LogP contribution in [-0.2, 0) is 11.8 Å². The number of carbonyl (C=O) groups excluding carboxylic acids is 1. The molecule has 0 N–H and O–H groups in total. The maximum Gasteiger partial charge on any atom is 0.361 e. The summed E-state index contributed by atoms with van der Waals surface area (Å²) in [4.78, 5) is 28.5. The molecule has 0 aliphatic heterocycles. The van der Waals surface area contributed by atoms with Gasteiger partial charge in [-0.1, -0.05) is 20.8 Å². The molecule has 0 spiro atoms. The molecule has 6 heteroatoms. The monoisotopic (exact) mass is 282 g/mol. The molecule has 1 atom stereocenters. The van der Waals surface area contributed by atoms with Gasteiger partial charge >= 0.3 is 5.97 Å². The first-order valence-electron chi connectivity index (χ1n) is 6.67. The summed E-state index contributed by atoms with van der Waals surface area (Å²) in [6.07, 6.45) is 0. The molecule has 0 bridgehead atoms. The van der Waals surface area contributed by atoms with E-state index in [9.17, 15) is 9.59 Å². The summed E-state index contributed by atoms with van der Waals surface area (Å²) in [5.74, 6) is 0.155. The molecule has 0 aromatic carbocycles. The van der Waals surface area contributed by atoms with Gasteiger partial charge in [-0.3, -0.25) is 9.36 Å². The molecule has 0 amide bonds. The van der Waals surface area contributed by atoms with Gasteiger partial charge in [-0.05, 0) is 12.8 Å². The minimum absolute atomic E-state index is 0.0341. The van der Waals surface area contributed by atoms with Crippen molar-refractivity contribution in [2.75, 3.05) is 13.7 Å². The van der Waals surface area contributed by atoms with E-state index >= 15 is 0 Å². The zero-order chi connectivity index (χ0) is 15.4. The van der Waals surface area contributed by atoms with E-state index in [1.807, 2.05) is 20.8 Å². The van der Waals surface area contributed by atoms with Crippen LogP contribution in [0.15, 0.2) is 4.79 Å². The molecule has 112 valence electrons. The van der Waals surface area contributed by atoms with E-state index in [1.54, 1.807) is 14.0 Å². The lowest BCUT2D eigenvalue weighted by Gasteiger charge is -2.19. The molecule has 1 aromatic rings. The highest BCUT2D eigenvalue weighted by Crippen LogP contribution is 2.23. The molecule has 20 heavy (non-hydrogen) atoms. The number of methoxy groups -OCH3 is 1. The predicted molar refractivity (Wildman–Crippen MR) is 75.2 cm³/mol. The Morgan fingerprint density at radius 2 is 1.95 bits per heavy atom. The Balaban J connectivity index is 3.51. The first kappa shape index (κ1) is 16.2. The fourth-order valence-electron chi connectivity index (χ4n) is 1.83. The minimum atomic E-state index is -0.640. The summed E-state index contributed by atoms with van der Waals surface area (Å²) in [6, 6.07) is 0. The van der Waals surface area contributed by atoms with Crippen LogP contribution in [0, 0.1) is 5.92 Å². The van der Waals surface area contributed by atoms with E-state index in [0.29, 0.717) is 5.82 Å². The van der Waals surface area contributed by atoms with Crippen LogP contribution in [0.4, 0.5) is 0 Å². The fourth-order valence-corrected chi connectivity index (χ4v) is 1.83. The topological polar surface area (TPSA) is 70.4 Å². The highest BCUT2D eigenvalue weighted by atomic mass is 16.5. The lowest BCUT2D eigenvalue weighted by molar-refractivity contribution is 0.0513. The van der Waals surface area contributed by atoms with E-state index in [1.165, 1.54) is 11.7 Å². The molecule has 0 aliphatic rings. The van der Waals surface area contributed by atoms with Crippen molar-refractivity contribution in [1.29, 1.82) is 0 Å². The predicted octanol–water partition coefficient (Wildman–Crippen LogP) is 1.73. The highest BCUT2D eigenvalue weighted by Gasteiger charge is 2.25. The normalized spacial score (nSPS) is 12.3. The molecule has 0 fully saturated rings. The first-order chi connectivity index (χ1) is 9.34. The van der Waals surface area contributed by atoms with Crippen molar-refractivity contribution in [2.24, 2.45) is 13.0 Å². The molecule has 1 rings (SSSR count). The van der Waals surface area contributed by atoms with Crippen molar-refractivity contribution in [1.82, 2.24) is 9.55 Å². The number of esters is 1. The first-order valence-corrected chi connectivity index (χ1v) is 6.67. The van der Waals surface area contributed by atoms with Crippen LogP contribution in [0.1, 0.15) is 49.9 Å². The second kappa shape index (κ2) is 6.54. The van der Waals surface area contributed by atoms with Gasteiger partial charge in [0.05, 0.1) is 13.7 Å². The van der Waals surface area contributed by atoms with Gasteiger partial charge in [0.1, 0.15) is 5.82 Å². The molecule has 0 aliphatic carbocycles. The zero-order valence-corrected chi connectivity index (χ0v) is 12.9. The summed E-state index contributed by atoms with van der Waals surface area (Å²) in [7, 11) is 2.97. The molecule has 0 radical (unpaired) electrons. The third-order valence-corrected chi connectivity index (χ3v) is 3.36. The van der Waals surface area contributed by atoms with Gasteiger partial charge < -0.3 is 9.47 Å². The lowest BCUT2D eigenvalue weighted by atomic mass is 9.97. The van der Waals surface area contributed by atoms with Crippen LogP contribution in [-0.4, -0.2) is 29.2 Å². The van der Waals surface area contributed by atoms with Crippen LogP contribution in [0.3, 0.4) is 0 Å². The van der Waals surface area contributed by atoms with Gasteiger partial charge in [0.15, 0.2) is 5.69 Å². The summed E-state index contributed by atoms with van der Waals surface area (Å²) >= 11 is 0. The molecule has 0 saturated carbocycles. The van der Waals surface area contributed by atoms with Gasteiger partial charge in [0.25, 0.3) is 5.56 Å². The van der Waals surface area contributed by atoms with Gasteiger partial charge in [-0.25, -0.2) is 9.78 Å². The summed E-state index contributed by atoms with van der Waals surface area (Å²) in [5, 5.41) is 0. The molecule has 0 saturated heterocycles. The number of carbonyl (C=O) groups is 1. The lowest BCUT2D eigenvalue weighted by Crippen LogP contribution is -2.29. The van der Waals surface area contributed by atoms with E-state index in [4.69, 9.17) is 9.47 Å². The average molecular weight is 282 g/mol. The van der Waals surface area contributed by atoms with Crippen LogP contribution in [0.25, 0.3) is 0 Å². The van der Waals surface area contributed by atoms with Gasteiger partial charge in [-0.15, -0.1) is 0 Å². The summed E-state index contributed by atoms with van der Waals surface area (Å²) in [6.45, 7) is 7.95. The van der Waals surface area contributed by atoms with Gasteiger partial charge in [0.2, 0.25) is 5.75 Å². The number of ether oxygens (including phenoxy) is 2. The van der Waals surface area contributed by atoms with E-state index in [2.05, 4.69) is 4.98 Å². The highest BCUT2D eigenvalue weighted by molar-refractivity contribution is 5.90. The Bertz CT molecular complexity index is 549. The summed E-state index contributed by atoms with van der Waals surface area (Å²) < 4.78 is 11.4. The van der Waals surface area contributed by atoms with Gasteiger partial charge in [0, 0.05) is 13.0 Å². The third-order valence-electron chi connectivity index (χ3n) is 3.36. The molecule has 1 heterocycles. The maximum absolute atomic E-state index is 12.3. The second-order valence-corrected chi connectivity index (χ2v) is 4.97. The molecule has 6 nitrogen and oxygen atoms in total. The standard InChI is InChI=1S/C14H22N2O4/c1-7-20-14(18)10-11(19-6)13(17)16(5)12(15-10)9(4)8(2)3/h8-9H,7H2,1-6H3. The van der Waals surface area contributed by atoms with Crippen molar-refractivity contribution < 1.29 is 14.3 Å². The Morgan fingerprint density at radius 1 is 1.35 bits per heavy atom. The quantitative estimate of drug-likeness (QED) is 0.769. The van der Waals surface area contributed by atoms with E-state index < -0.39 is 5.97 Å². The number of rotatable bonds is 5. The number of nitrogens with zero attached hydrogens (tertiary/aromatic N) is 2. The van der Waals surface area contributed by atoms with E-state index in [-0.39, 0.29) is 35.4 Å². The van der Waals surface area contributed by atoms with Crippen molar-refractivity contribution in [3.63, 3.8) is 0 Å². The molecular formula is C14H22N2O4. The second-order valence-electron chi connectivity index (χ2n) is 4.97.